The number of carbonyl (C=O) groups is 1. The Balaban J connectivity index is 2.07. The molecule has 2 N–H and O–H groups in total. The monoisotopic (exact) mass is 231 g/mol. The van der Waals surface area contributed by atoms with E-state index in [1.54, 1.807) is 11.9 Å². The lowest BCUT2D eigenvalue weighted by atomic mass is 10.2. The van der Waals surface area contributed by atoms with Crippen LogP contribution in [0.2, 0.25) is 0 Å². The van der Waals surface area contributed by atoms with Crippen LogP contribution in [0.15, 0.2) is 41.2 Å². The Bertz CT molecular complexity index is 508. The molecule has 0 saturated heterocycles. The molecule has 0 aliphatic carbocycles. The molecule has 1 aromatic carbocycles. The number of benzene rings is 1. The molecule has 0 radical (unpaired) electrons. The highest BCUT2D eigenvalue weighted by Crippen LogP contribution is 2.10. The predicted molar refractivity (Wildman–Crippen MR) is 63.2 cm³/mol. The lowest BCUT2D eigenvalue weighted by Gasteiger charge is -2.16. The van der Waals surface area contributed by atoms with Crippen molar-refractivity contribution in [1.29, 1.82) is 0 Å². The normalized spacial score (nSPS) is 10.2. The minimum Gasteiger partial charge on any atom is -0.399 e. The zero-order valence-corrected chi connectivity index (χ0v) is 9.46. The van der Waals surface area contributed by atoms with Crippen LogP contribution in [0.5, 0.6) is 0 Å². The van der Waals surface area contributed by atoms with Gasteiger partial charge in [0.05, 0.1) is 11.8 Å². The molecular formula is C12H13N3O2. The third-order valence-electron chi connectivity index (χ3n) is 2.40. The van der Waals surface area contributed by atoms with E-state index in [-0.39, 0.29) is 5.91 Å². The number of aromatic nitrogens is 1. The van der Waals surface area contributed by atoms with Crippen molar-refractivity contribution in [1.82, 2.24) is 10.1 Å². The summed E-state index contributed by atoms with van der Waals surface area (Å²) in [7, 11) is 1.72. The molecule has 1 amide bonds. The van der Waals surface area contributed by atoms with Gasteiger partial charge < -0.3 is 15.2 Å². The Morgan fingerprint density at radius 2 is 2.35 bits per heavy atom. The third kappa shape index (κ3) is 2.63. The van der Waals surface area contributed by atoms with Crippen molar-refractivity contribution >= 4 is 11.6 Å². The van der Waals surface area contributed by atoms with Crippen molar-refractivity contribution in [2.75, 3.05) is 12.8 Å². The van der Waals surface area contributed by atoms with Gasteiger partial charge >= 0.3 is 0 Å². The van der Waals surface area contributed by atoms with Crippen LogP contribution in [0.25, 0.3) is 0 Å². The van der Waals surface area contributed by atoms with E-state index < -0.39 is 0 Å². The van der Waals surface area contributed by atoms with Crippen LogP contribution in [-0.4, -0.2) is 23.0 Å². The lowest BCUT2D eigenvalue weighted by Crippen LogP contribution is -2.25. The highest BCUT2D eigenvalue weighted by atomic mass is 16.5. The van der Waals surface area contributed by atoms with Crippen molar-refractivity contribution in [3.63, 3.8) is 0 Å². The van der Waals surface area contributed by atoms with Crippen molar-refractivity contribution < 1.29 is 9.32 Å². The van der Waals surface area contributed by atoms with Gasteiger partial charge in [0.15, 0.2) is 0 Å². The zero-order chi connectivity index (χ0) is 12.3. The molecule has 88 valence electrons. The van der Waals surface area contributed by atoms with Crippen LogP contribution in [0.3, 0.4) is 0 Å². The fourth-order valence-electron chi connectivity index (χ4n) is 1.57. The van der Waals surface area contributed by atoms with Crippen LogP contribution >= 0.6 is 0 Å². The molecule has 0 spiro atoms. The van der Waals surface area contributed by atoms with E-state index in [1.165, 1.54) is 12.5 Å². The number of hydrogen-bond acceptors (Lipinski definition) is 4. The zero-order valence-electron chi connectivity index (χ0n) is 9.46. The second kappa shape index (κ2) is 4.69. The van der Waals surface area contributed by atoms with Crippen molar-refractivity contribution in [3.8, 4) is 0 Å². The van der Waals surface area contributed by atoms with Gasteiger partial charge in [0.2, 0.25) is 0 Å². The quantitative estimate of drug-likeness (QED) is 0.813. The topological polar surface area (TPSA) is 72.4 Å². The molecule has 0 unspecified atom stereocenters. The maximum Gasteiger partial charge on any atom is 0.258 e. The predicted octanol–water partition coefficient (Wildman–Crippen LogP) is 1.53. The standard InChI is InChI=1S/C12H13N3O2/c1-15(12(16)10-6-14-17-8-10)7-9-3-2-4-11(13)5-9/h2-6,8H,7,13H2,1H3. The van der Waals surface area contributed by atoms with Crippen LogP contribution in [-0.2, 0) is 6.54 Å². The number of nitrogens with two attached hydrogens (primary N) is 1. The van der Waals surface area contributed by atoms with E-state index in [4.69, 9.17) is 5.73 Å². The highest BCUT2D eigenvalue weighted by Gasteiger charge is 2.13. The summed E-state index contributed by atoms with van der Waals surface area (Å²) in [6.07, 6.45) is 2.73. The Morgan fingerprint density at radius 1 is 1.53 bits per heavy atom. The van der Waals surface area contributed by atoms with Gasteiger partial charge in [0.25, 0.3) is 5.91 Å². The van der Waals surface area contributed by atoms with E-state index in [0.717, 1.165) is 5.56 Å². The summed E-state index contributed by atoms with van der Waals surface area (Å²) < 4.78 is 4.64. The van der Waals surface area contributed by atoms with E-state index in [2.05, 4.69) is 9.68 Å². The van der Waals surface area contributed by atoms with E-state index in [0.29, 0.717) is 17.8 Å². The number of rotatable bonds is 3. The summed E-state index contributed by atoms with van der Waals surface area (Å²) in [6, 6.07) is 7.44. The summed E-state index contributed by atoms with van der Waals surface area (Å²) in [5.74, 6) is -0.131. The SMILES string of the molecule is CN(Cc1cccc(N)c1)C(=O)c1cnoc1. The maximum atomic E-state index is 11.9. The first-order valence-electron chi connectivity index (χ1n) is 5.16. The van der Waals surface area contributed by atoms with Gasteiger partial charge in [-0.1, -0.05) is 17.3 Å². The fourth-order valence-corrected chi connectivity index (χ4v) is 1.57. The molecule has 5 heteroatoms. The first-order valence-corrected chi connectivity index (χ1v) is 5.16. The molecule has 0 saturated carbocycles. The molecular weight excluding hydrogens is 218 g/mol. The molecule has 1 heterocycles. The van der Waals surface area contributed by atoms with Crippen molar-refractivity contribution in [2.24, 2.45) is 0 Å². The summed E-state index contributed by atoms with van der Waals surface area (Å²) in [6.45, 7) is 0.495. The minimum atomic E-state index is -0.131. The summed E-state index contributed by atoms with van der Waals surface area (Å²) in [4.78, 5) is 13.5. The Kier molecular flexibility index (Phi) is 3.09. The van der Waals surface area contributed by atoms with Gasteiger partial charge in [0, 0.05) is 19.3 Å². The first-order chi connectivity index (χ1) is 8.16. The van der Waals surface area contributed by atoms with Gasteiger partial charge in [-0.05, 0) is 17.7 Å². The molecule has 0 aliphatic rings. The second-order valence-electron chi connectivity index (χ2n) is 3.82. The molecule has 1 aromatic heterocycles. The summed E-state index contributed by atoms with van der Waals surface area (Å²) >= 11 is 0. The van der Waals surface area contributed by atoms with E-state index >= 15 is 0 Å². The molecule has 17 heavy (non-hydrogen) atoms. The van der Waals surface area contributed by atoms with Gasteiger partial charge in [-0.3, -0.25) is 4.79 Å². The average Bonchev–Trinajstić information content (AvgIpc) is 2.81. The Morgan fingerprint density at radius 3 is 3.00 bits per heavy atom. The van der Waals surface area contributed by atoms with E-state index in [9.17, 15) is 4.79 Å². The van der Waals surface area contributed by atoms with Crippen molar-refractivity contribution in [2.45, 2.75) is 6.54 Å². The smallest absolute Gasteiger partial charge is 0.258 e. The van der Waals surface area contributed by atoms with Crippen molar-refractivity contribution in [3.05, 3.63) is 47.9 Å². The maximum absolute atomic E-state index is 11.9. The Labute approximate surface area is 98.8 Å². The lowest BCUT2D eigenvalue weighted by molar-refractivity contribution is 0.0784. The molecule has 0 atom stereocenters. The number of nitrogens with zero attached hydrogens (tertiary/aromatic N) is 2. The number of carbonyl (C=O) groups excluding carboxylic acids is 1. The van der Waals surface area contributed by atoms with Crippen LogP contribution in [0, 0.1) is 0 Å². The summed E-state index contributed by atoms with van der Waals surface area (Å²) in [5.41, 5.74) is 7.79. The van der Waals surface area contributed by atoms with Crippen LogP contribution in [0.1, 0.15) is 15.9 Å². The second-order valence-corrected chi connectivity index (χ2v) is 3.82. The molecule has 5 nitrogen and oxygen atoms in total. The molecule has 0 fully saturated rings. The van der Waals surface area contributed by atoms with Gasteiger partial charge in [-0.25, -0.2) is 0 Å². The number of hydrogen-bond donors (Lipinski definition) is 1. The third-order valence-corrected chi connectivity index (χ3v) is 2.40. The minimum absolute atomic E-state index is 0.131. The van der Waals surface area contributed by atoms with Crippen LogP contribution in [0.4, 0.5) is 5.69 Å². The molecule has 2 rings (SSSR count). The Hall–Kier alpha value is -2.30. The van der Waals surface area contributed by atoms with Crippen LogP contribution < -0.4 is 5.73 Å². The fraction of sp³-hybridized carbons (Fsp3) is 0.167. The number of anilines is 1. The average molecular weight is 231 g/mol. The molecule has 0 aliphatic heterocycles. The van der Waals surface area contributed by atoms with Gasteiger partial charge in [-0.2, -0.15) is 0 Å². The summed E-state index contributed by atoms with van der Waals surface area (Å²) in [5, 5.41) is 3.50. The number of nitrogen functional groups attached to an aromatic ring is 1. The molecule has 0 bridgehead atoms. The van der Waals surface area contributed by atoms with Gasteiger partial charge in [0.1, 0.15) is 6.26 Å². The van der Waals surface area contributed by atoms with E-state index in [1.807, 2.05) is 24.3 Å². The number of amides is 1. The van der Waals surface area contributed by atoms with Gasteiger partial charge in [-0.15, -0.1) is 0 Å². The first kappa shape index (κ1) is 11.2. The molecule has 2 aromatic rings. The largest absolute Gasteiger partial charge is 0.399 e. The highest BCUT2D eigenvalue weighted by molar-refractivity contribution is 5.93.